The zero-order valence-electron chi connectivity index (χ0n) is 10.4. The number of nitrogens with zero attached hydrogens (tertiary/aromatic N) is 5. The molecule has 1 N–H and O–H groups in total. The number of aromatic nitrogens is 5. The van der Waals surface area contributed by atoms with E-state index in [0.29, 0.717) is 18.4 Å². The molecule has 0 aliphatic heterocycles. The predicted octanol–water partition coefficient (Wildman–Crippen LogP) is 0.890. The van der Waals surface area contributed by atoms with E-state index in [4.69, 9.17) is 11.6 Å². The summed E-state index contributed by atoms with van der Waals surface area (Å²) < 4.78 is 12.7. The van der Waals surface area contributed by atoms with Gasteiger partial charge in [-0.1, -0.05) is 0 Å². The average molecular weight is 301 g/mol. The summed E-state index contributed by atoms with van der Waals surface area (Å²) in [5, 5.41) is 7.08. The molecule has 0 aliphatic carbocycles. The average Bonchev–Trinajstić information content (AvgIpc) is 2.89. The minimum atomic E-state index is -0.908. The van der Waals surface area contributed by atoms with Crippen LogP contribution in [0.5, 0.6) is 0 Å². The summed E-state index contributed by atoms with van der Waals surface area (Å²) in [6.45, 7) is 2.36. The normalized spacial score (nSPS) is 14.1. The molecule has 2 aromatic rings. The fourth-order valence-electron chi connectivity index (χ4n) is 1.26. The number of rotatable bonds is 5. The van der Waals surface area contributed by atoms with Gasteiger partial charge in [-0.15, -0.1) is 0 Å². The molecule has 2 aromatic heterocycles. The Labute approximate surface area is 117 Å². The van der Waals surface area contributed by atoms with E-state index < -0.39 is 10.8 Å². The van der Waals surface area contributed by atoms with Gasteiger partial charge in [0.1, 0.15) is 0 Å². The van der Waals surface area contributed by atoms with Gasteiger partial charge in [0.05, 0.1) is 0 Å². The van der Waals surface area contributed by atoms with Crippen LogP contribution in [0.1, 0.15) is 6.92 Å². The number of hydrogen-bond acceptors (Lipinski definition) is 6. The first-order valence-electron chi connectivity index (χ1n) is 5.54. The molecule has 0 spiro atoms. The van der Waals surface area contributed by atoms with Crippen molar-refractivity contribution in [1.82, 2.24) is 24.7 Å². The van der Waals surface area contributed by atoms with Gasteiger partial charge >= 0.3 is 0 Å². The Hall–Kier alpha value is -1.54. The van der Waals surface area contributed by atoms with Gasteiger partial charge in [0.25, 0.3) is 5.95 Å². The Morgan fingerprint density at radius 2 is 2.26 bits per heavy atom. The van der Waals surface area contributed by atoms with Crippen molar-refractivity contribution in [2.24, 2.45) is 0 Å². The number of hydrogen-bond donors (Lipinski definition) is 1. The van der Waals surface area contributed by atoms with Gasteiger partial charge in [-0.2, -0.15) is 20.1 Å². The van der Waals surface area contributed by atoms with Crippen molar-refractivity contribution < 1.29 is 4.21 Å². The highest BCUT2D eigenvalue weighted by Crippen LogP contribution is 2.09. The van der Waals surface area contributed by atoms with E-state index in [0.717, 1.165) is 0 Å². The summed E-state index contributed by atoms with van der Waals surface area (Å²) in [5.74, 6) is 0.667. The molecule has 2 unspecified atom stereocenters. The third kappa shape index (κ3) is 3.71. The minimum Gasteiger partial charge on any atom is -0.353 e. The van der Waals surface area contributed by atoms with Crippen molar-refractivity contribution in [3.8, 4) is 5.95 Å². The fourth-order valence-corrected chi connectivity index (χ4v) is 1.73. The topological polar surface area (TPSA) is 85.6 Å². The van der Waals surface area contributed by atoms with Crippen molar-refractivity contribution in [3.05, 3.63) is 23.7 Å². The predicted molar refractivity (Wildman–Crippen MR) is 74.0 cm³/mol. The maximum atomic E-state index is 11.3. The van der Waals surface area contributed by atoms with E-state index in [1.54, 1.807) is 24.7 Å². The molecule has 2 atom stereocenters. The highest BCUT2D eigenvalue weighted by Gasteiger charge is 2.10. The summed E-state index contributed by atoms with van der Waals surface area (Å²) in [5.41, 5.74) is 0. The van der Waals surface area contributed by atoms with Crippen LogP contribution in [0.25, 0.3) is 5.95 Å². The largest absolute Gasteiger partial charge is 0.353 e. The first-order valence-corrected chi connectivity index (χ1v) is 7.54. The van der Waals surface area contributed by atoms with Crippen molar-refractivity contribution in [2.45, 2.75) is 12.2 Å². The second-order valence-corrected chi connectivity index (χ2v) is 6.01. The van der Waals surface area contributed by atoms with Crippen molar-refractivity contribution in [1.29, 1.82) is 0 Å². The van der Waals surface area contributed by atoms with E-state index in [2.05, 4.69) is 25.4 Å². The molecule has 0 aromatic carbocycles. The van der Waals surface area contributed by atoms with Crippen LogP contribution < -0.4 is 5.32 Å². The van der Waals surface area contributed by atoms with E-state index in [9.17, 15) is 4.21 Å². The maximum Gasteiger partial charge on any atom is 0.256 e. The number of halogens is 1. The van der Waals surface area contributed by atoms with Crippen LogP contribution in [0.2, 0.25) is 5.28 Å². The van der Waals surface area contributed by atoms with Gasteiger partial charge in [-0.25, -0.2) is 4.68 Å². The quantitative estimate of drug-likeness (QED) is 0.882. The SMILES string of the molecule is CC(CNc1nc(Cl)nc(-n2cccn2)n1)S(C)=O. The van der Waals surface area contributed by atoms with Crippen LogP contribution >= 0.6 is 11.6 Å². The molecular formula is C10H13ClN6OS. The Bertz CT molecular complexity index is 575. The maximum absolute atomic E-state index is 11.3. The molecule has 0 saturated carbocycles. The van der Waals surface area contributed by atoms with Crippen molar-refractivity contribution in [3.63, 3.8) is 0 Å². The van der Waals surface area contributed by atoms with Crippen LogP contribution in [0.4, 0.5) is 5.95 Å². The summed E-state index contributed by atoms with van der Waals surface area (Å²) >= 11 is 5.84. The van der Waals surface area contributed by atoms with Gasteiger partial charge < -0.3 is 5.32 Å². The number of anilines is 1. The molecule has 0 aliphatic rings. The summed E-state index contributed by atoms with van der Waals surface area (Å²) in [7, 11) is -0.908. The molecular weight excluding hydrogens is 288 g/mol. The van der Waals surface area contributed by atoms with Crippen LogP contribution in [-0.2, 0) is 10.8 Å². The lowest BCUT2D eigenvalue weighted by Gasteiger charge is -2.10. The fraction of sp³-hybridized carbons (Fsp3) is 0.400. The monoisotopic (exact) mass is 300 g/mol. The lowest BCUT2D eigenvalue weighted by Crippen LogP contribution is -2.22. The second-order valence-electron chi connectivity index (χ2n) is 3.87. The van der Waals surface area contributed by atoms with Crippen molar-refractivity contribution in [2.75, 3.05) is 18.1 Å². The molecule has 2 heterocycles. The zero-order chi connectivity index (χ0) is 13.8. The Morgan fingerprint density at radius 3 is 2.89 bits per heavy atom. The minimum absolute atomic E-state index is 0.0105. The van der Waals surface area contributed by atoms with E-state index in [1.807, 2.05) is 6.92 Å². The molecule has 19 heavy (non-hydrogen) atoms. The summed E-state index contributed by atoms with van der Waals surface area (Å²) in [6, 6.07) is 1.76. The molecule has 0 radical (unpaired) electrons. The molecule has 0 bridgehead atoms. The molecule has 102 valence electrons. The van der Waals surface area contributed by atoms with Crippen LogP contribution in [0.15, 0.2) is 18.5 Å². The third-order valence-corrected chi connectivity index (χ3v) is 3.89. The van der Waals surface area contributed by atoms with E-state index in [-0.39, 0.29) is 10.5 Å². The molecule has 0 saturated heterocycles. The lowest BCUT2D eigenvalue weighted by atomic mass is 10.5. The highest BCUT2D eigenvalue weighted by molar-refractivity contribution is 7.84. The smallest absolute Gasteiger partial charge is 0.256 e. The zero-order valence-corrected chi connectivity index (χ0v) is 12.0. The van der Waals surface area contributed by atoms with Gasteiger partial charge in [0, 0.05) is 41.2 Å². The molecule has 7 nitrogen and oxygen atoms in total. The molecule has 9 heteroatoms. The van der Waals surface area contributed by atoms with Crippen LogP contribution in [0.3, 0.4) is 0 Å². The second kappa shape index (κ2) is 6.07. The van der Waals surface area contributed by atoms with Gasteiger partial charge in [0.2, 0.25) is 11.2 Å². The Balaban J connectivity index is 2.16. The van der Waals surface area contributed by atoms with Gasteiger partial charge in [-0.3, -0.25) is 4.21 Å². The first-order chi connectivity index (χ1) is 9.06. The summed E-state index contributed by atoms with van der Waals surface area (Å²) in [4.78, 5) is 12.1. The van der Waals surface area contributed by atoms with Crippen LogP contribution in [0, 0.1) is 0 Å². The molecule has 0 amide bonds. The van der Waals surface area contributed by atoms with Crippen LogP contribution in [-0.4, -0.2) is 47.0 Å². The van der Waals surface area contributed by atoms with Gasteiger partial charge in [0.15, 0.2) is 0 Å². The lowest BCUT2D eigenvalue weighted by molar-refractivity contribution is 0.678. The Morgan fingerprint density at radius 1 is 1.47 bits per heavy atom. The molecule has 0 fully saturated rings. The third-order valence-electron chi connectivity index (χ3n) is 2.42. The van der Waals surface area contributed by atoms with E-state index >= 15 is 0 Å². The number of nitrogens with one attached hydrogen (secondary N) is 1. The van der Waals surface area contributed by atoms with Crippen molar-refractivity contribution >= 4 is 28.3 Å². The molecule has 2 rings (SSSR count). The Kier molecular flexibility index (Phi) is 4.43. The standard InChI is InChI=1S/C10H13ClN6OS/c1-7(19(2)18)6-12-9-14-8(11)15-10(16-9)17-5-3-4-13-17/h3-5,7H,6H2,1-2H3,(H,12,14,15,16). The first kappa shape index (κ1) is 13.9. The van der Waals surface area contributed by atoms with Gasteiger partial charge in [-0.05, 0) is 24.6 Å². The summed E-state index contributed by atoms with van der Waals surface area (Å²) in [6.07, 6.45) is 4.98. The van der Waals surface area contributed by atoms with E-state index in [1.165, 1.54) is 4.68 Å². The highest BCUT2D eigenvalue weighted by atomic mass is 35.5.